The number of carbonyl (C=O) groups is 1. The molecule has 0 spiro atoms. The van der Waals surface area contributed by atoms with Crippen molar-refractivity contribution in [3.05, 3.63) is 53.4 Å². The Hall–Kier alpha value is -3.89. The first-order valence-corrected chi connectivity index (χ1v) is 10.8. The van der Waals surface area contributed by atoms with Gasteiger partial charge in [-0.2, -0.15) is 9.97 Å². The first-order valence-electron chi connectivity index (χ1n) is 10.4. The molecule has 1 aliphatic rings. The van der Waals surface area contributed by atoms with E-state index < -0.39 is 0 Å². The Labute approximate surface area is 199 Å². The number of aromatic amines is 1. The van der Waals surface area contributed by atoms with Gasteiger partial charge < -0.3 is 29.8 Å². The van der Waals surface area contributed by atoms with Crippen molar-refractivity contribution in [3.8, 4) is 22.8 Å². The number of hydrogen-bond acceptors (Lipinski definition) is 8. The minimum atomic E-state index is -0.187. The van der Waals surface area contributed by atoms with Crippen LogP contribution in [-0.2, 0) is 4.74 Å². The number of nitrogens with zero attached hydrogens (tertiary/aromatic N) is 3. The van der Waals surface area contributed by atoms with Gasteiger partial charge in [-0.05, 0) is 35.9 Å². The highest BCUT2D eigenvalue weighted by Crippen LogP contribution is 2.36. The predicted octanol–water partition coefficient (Wildman–Crippen LogP) is 3.56. The second-order valence-corrected chi connectivity index (χ2v) is 7.98. The highest BCUT2D eigenvalue weighted by molar-refractivity contribution is 6.29. The summed E-state index contributed by atoms with van der Waals surface area (Å²) in [6, 6.07) is 8.75. The lowest BCUT2D eigenvalue weighted by molar-refractivity contribution is -0.00346. The number of aromatic nitrogens is 4. The second kappa shape index (κ2) is 9.16. The second-order valence-electron chi connectivity index (χ2n) is 7.60. The van der Waals surface area contributed by atoms with Gasteiger partial charge in [0.2, 0.25) is 11.8 Å². The fourth-order valence-electron chi connectivity index (χ4n) is 3.65. The molecule has 0 bridgehead atoms. The van der Waals surface area contributed by atoms with Crippen LogP contribution in [0.5, 0.6) is 11.6 Å². The molecule has 4 heterocycles. The Morgan fingerprint density at radius 3 is 2.74 bits per heavy atom. The van der Waals surface area contributed by atoms with Crippen LogP contribution in [0.15, 0.2) is 42.7 Å². The van der Waals surface area contributed by atoms with E-state index in [1.807, 2.05) is 12.3 Å². The van der Waals surface area contributed by atoms with E-state index >= 15 is 0 Å². The number of fused-ring (bicyclic) bond motifs is 1. The molecule has 3 N–H and O–H groups in total. The Morgan fingerprint density at radius 2 is 2.03 bits per heavy atom. The number of nitrogens with one attached hydrogen (secondary N) is 3. The van der Waals surface area contributed by atoms with Crippen LogP contribution in [0, 0.1) is 0 Å². The Morgan fingerprint density at radius 1 is 1.18 bits per heavy atom. The molecule has 4 aromatic rings. The normalized spacial score (nSPS) is 13.4. The van der Waals surface area contributed by atoms with Gasteiger partial charge in [-0.1, -0.05) is 11.6 Å². The molecule has 10 nitrogen and oxygen atoms in total. The number of rotatable bonds is 7. The minimum Gasteiger partial charge on any atom is -0.495 e. The molecule has 34 heavy (non-hydrogen) atoms. The van der Waals surface area contributed by atoms with E-state index in [1.54, 1.807) is 37.6 Å². The SMILES string of the molecule is COc1cc(C(=O)NC2COC2)ccc1Nc1nc(OC)c2c(-c3ccnc(Cl)c3)c[nH]c2n1. The zero-order valence-electron chi connectivity index (χ0n) is 18.4. The predicted molar refractivity (Wildman–Crippen MR) is 127 cm³/mol. The van der Waals surface area contributed by atoms with Crippen molar-refractivity contribution in [1.82, 2.24) is 25.3 Å². The molecule has 1 amide bonds. The molecular formula is C23H21ClN6O4. The lowest BCUT2D eigenvalue weighted by atomic mass is 10.1. The van der Waals surface area contributed by atoms with Gasteiger partial charge in [0.1, 0.15) is 16.5 Å². The zero-order chi connectivity index (χ0) is 23.7. The molecule has 0 unspecified atom stereocenters. The van der Waals surface area contributed by atoms with Crippen LogP contribution < -0.4 is 20.1 Å². The Kier molecular flexibility index (Phi) is 5.91. The van der Waals surface area contributed by atoms with Crippen molar-refractivity contribution in [2.75, 3.05) is 32.8 Å². The van der Waals surface area contributed by atoms with Gasteiger partial charge in [0, 0.05) is 23.5 Å². The average molecular weight is 481 g/mol. The Bertz CT molecular complexity index is 1370. The summed E-state index contributed by atoms with van der Waals surface area (Å²) in [5.41, 5.74) is 3.36. The van der Waals surface area contributed by atoms with Crippen molar-refractivity contribution in [2.45, 2.75) is 6.04 Å². The molecule has 3 aromatic heterocycles. The van der Waals surface area contributed by atoms with Gasteiger partial charge >= 0.3 is 0 Å². The van der Waals surface area contributed by atoms with Crippen LogP contribution in [0.2, 0.25) is 5.15 Å². The van der Waals surface area contributed by atoms with Gasteiger partial charge in [-0.25, -0.2) is 4.98 Å². The van der Waals surface area contributed by atoms with Crippen molar-refractivity contribution >= 4 is 40.2 Å². The lowest BCUT2D eigenvalue weighted by Crippen LogP contribution is -2.48. The zero-order valence-corrected chi connectivity index (χ0v) is 19.1. The molecule has 11 heteroatoms. The summed E-state index contributed by atoms with van der Waals surface area (Å²) in [5.74, 6) is 0.966. The third-order valence-electron chi connectivity index (χ3n) is 5.41. The molecule has 0 atom stereocenters. The van der Waals surface area contributed by atoms with Crippen LogP contribution in [0.25, 0.3) is 22.2 Å². The minimum absolute atomic E-state index is 0.0396. The molecular weight excluding hydrogens is 460 g/mol. The number of methoxy groups -OCH3 is 2. The summed E-state index contributed by atoms with van der Waals surface area (Å²) < 4.78 is 16.2. The van der Waals surface area contributed by atoms with Gasteiger partial charge in [0.25, 0.3) is 5.91 Å². The fraction of sp³-hybridized carbons (Fsp3) is 0.217. The third-order valence-corrected chi connectivity index (χ3v) is 5.62. The summed E-state index contributed by atoms with van der Waals surface area (Å²) in [6.45, 7) is 1.05. The van der Waals surface area contributed by atoms with E-state index in [9.17, 15) is 4.79 Å². The van der Waals surface area contributed by atoms with Crippen LogP contribution in [0.1, 0.15) is 10.4 Å². The largest absolute Gasteiger partial charge is 0.495 e. The molecule has 5 rings (SSSR count). The smallest absolute Gasteiger partial charge is 0.251 e. The lowest BCUT2D eigenvalue weighted by Gasteiger charge is -2.26. The number of pyridine rings is 1. The van der Waals surface area contributed by atoms with Crippen LogP contribution >= 0.6 is 11.6 Å². The number of amides is 1. The summed E-state index contributed by atoms with van der Waals surface area (Å²) in [5, 5.41) is 7.16. The van der Waals surface area contributed by atoms with Crippen LogP contribution in [0.3, 0.4) is 0 Å². The molecule has 1 saturated heterocycles. The standard InChI is InChI=1S/C23H21ClN6O4/c1-32-17-7-13(21(31)27-14-10-34-11-14)3-4-16(17)28-23-29-20-19(22(30-23)33-2)15(9-26-20)12-5-6-25-18(24)8-12/h3-9,14H,10-11H2,1-2H3,(H,27,31)(H2,26,28,29,30). The van der Waals surface area contributed by atoms with E-state index in [1.165, 1.54) is 7.11 Å². The van der Waals surface area contributed by atoms with Crippen LogP contribution in [-0.4, -0.2) is 59.3 Å². The van der Waals surface area contributed by atoms with E-state index in [4.69, 9.17) is 25.8 Å². The molecule has 1 aliphatic heterocycles. The molecule has 0 saturated carbocycles. The number of H-pyrrole nitrogens is 1. The monoisotopic (exact) mass is 480 g/mol. The number of carbonyl (C=O) groups excluding carboxylic acids is 1. The maximum absolute atomic E-state index is 12.5. The molecule has 0 radical (unpaired) electrons. The fourth-order valence-corrected chi connectivity index (χ4v) is 3.82. The molecule has 1 aromatic carbocycles. The highest BCUT2D eigenvalue weighted by atomic mass is 35.5. The summed E-state index contributed by atoms with van der Waals surface area (Å²) >= 11 is 6.06. The van der Waals surface area contributed by atoms with E-state index in [-0.39, 0.29) is 11.9 Å². The van der Waals surface area contributed by atoms with Crippen molar-refractivity contribution in [3.63, 3.8) is 0 Å². The van der Waals surface area contributed by atoms with Crippen LogP contribution in [0.4, 0.5) is 11.6 Å². The van der Waals surface area contributed by atoms with E-state index in [0.717, 1.165) is 11.1 Å². The maximum Gasteiger partial charge on any atom is 0.251 e. The first kappa shape index (κ1) is 21.9. The van der Waals surface area contributed by atoms with Crippen molar-refractivity contribution < 1.29 is 19.0 Å². The summed E-state index contributed by atoms with van der Waals surface area (Å²) in [7, 11) is 3.08. The van der Waals surface area contributed by atoms with E-state index in [2.05, 4.69) is 30.6 Å². The van der Waals surface area contributed by atoms with Gasteiger partial charge in [0.15, 0.2) is 0 Å². The molecule has 1 fully saturated rings. The van der Waals surface area contributed by atoms with Gasteiger partial charge in [-0.15, -0.1) is 0 Å². The Balaban J connectivity index is 1.45. The maximum atomic E-state index is 12.5. The summed E-state index contributed by atoms with van der Waals surface area (Å²) in [4.78, 5) is 28.8. The first-order chi connectivity index (χ1) is 16.6. The quantitative estimate of drug-likeness (QED) is 0.343. The molecule has 0 aliphatic carbocycles. The van der Waals surface area contributed by atoms with Gasteiger partial charge in [-0.3, -0.25) is 4.79 Å². The average Bonchev–Trinajstić information content (AvgIpc) is 3.25. The van der Waals surface area contributed by atoms with Gasteiger partial charge in [0.05, 0.1) is 44.5 Å². The molecule has 174 valence electrons. The topological polar surface area (TPSA) is 123 Å². The number of anilines is 2. The van der Waals surface area contributed by atoms with Crippen molar-refractivity contribution in [2.24, 2.45) is 0 Å². The highest BCUT2D eigenvalue weighted by Gasteiger charge is 2.22. The number of hydrogen-bond donors (Lipinski definition) is 3. The van der Waals surface area contributed by atoms with E-state index in [0.29, 0.717) is 58.2 Å². The number of ether oxygens (including phenoxy) is 3. The summed E-state index contributed by atoms with van der Waals surface area (Å²) in [6.07, 6.45) is 3.45. The number of benzene rings is 1. The third kappa shape index (κ3) is 4.20. The number of halogens is 1. The van der Waals surface area contributed by atoms with Crippen molar-refractivity contribution in [1.29, 1.82) is 0 Å².